The summed E-state index contributed by atoms with van der Waals surface area (Å²) in [5.74, 6) is -0.144. The molecule has 24 heavy (non-hydrogen) atoms. The molecule has 0 aromatic heterocycles. The van der Waals surface area contributed by atoms with Gasteiger partial charge >= 0.3 is 5.97 Å². The molecule has 1 N–H and O–H groups in total. The fraction of sp³-hybridized carbons (Fsp3) is 0.632. The highest BCUT2D eigenvalue weighted by Crippen LogP contribution is 2.18. The number of carbonyl (C=O) groups is 1. The maximum absolute atomic E-state index is 12.5. The van der Waals surface area contributed by atoms with E-state index in [1.54, 1.807) is 0 Å². The quantitative estimate of drug-likeness (QED) is 0.574. The SMILES string of the molecule is CCCCCCN1CCNCC1C(=O)OCc1ccc(C)c(Cl)c1. The van der Waals surface area contributed by atoms with E-state index in [9.17, 15) is 4.79 Å². The fourth-order valence-corrected chi connectivity index (χ4v) is 3.17. The van der Waals surface area contributed by atoms with Crippen molar-refractivity contribution in [3.63, 3.8) is 0 Å². The maximum Gasteiger partial charge on any atom is 0.325 e. The van der Waals surface area contributed by atoms with Crippen LogP contribution in [0.15, 0.2) is 18.2 Å². The van der Waals surface area contributed by atoms with Gasteiger partial charge < -0.3 is 10.1 Å². The Hall–Kier alpha value is -1.10. The minimum absolute atomic E-state index is 0.144. The first-order valence-corrected chi connectivity index (χ1v) is 9.36. The summed E-state index contributed by atoms with van der Waals surface area (Å²) in [6, 6.07) is 5.59. The number of nitrogens with one attached hydrogen (secondary N) is 1. The zero-order chi connectivity index (χ0) is 17.4. The first kappa shape index (κ1) is 19.2. The van der Waals surface area contributed by atoms with Crippen LogP contribution in [0.1, 0.15) is 43.7 Å². The lowest BCUT2D eigenvalue weighted by molar-refractivity contribution is -0.152. The van der Waals surface area contributed by atoms with Crippen molar-refractivity contribution in [3.8, 4) is 0 Å². The van der Waals surface area contributed by atoms with E-state index in [1.165, 1.54) is 19.3 Å². The number of carbonyl (C=O) groups excluding carboxylic acids is 1. The minimum atomic E-state index is -0.179. The van der Waals surface area contributed by atoms with Gasteiger partial charge in [-0.25, -0.2) is 0 Å². The molecule has 1 fully saturated rings. The average molecular weight is 353 g/mol. The average Bonchev–Trinajstić information content (AvgIpc) is 2.60. The van der Waals surface area contributed by atoms with Gasteiger partial charge in [0.25, 0.3) is 0 Å². The van der Waals surface area contributed by atoms with Crippen molar-refractivity contribution in [3.05, 3.63) is 34.3 Å². The second-order valence-electron chi connectivity index (χ2n) is 6.51. The smallest absolute Gasteiger partial charge is 0.325 e. The predicted octanol–water partition coefficient (Wildman–Crippen LogP) is 3.55. The molecule has 0 spiro atoms. The Bertz CT molecular complexity index is 536. The number of halogens is 1. The van der Waals surface area contributed by atoms with Gasteiger partial charge in [0.1, 0.15) is 12.6 Å². The van der Waals surface area contributed by atoms with Crippen molar-refractivity contribution in [1.29, 1.82) is 0 Å². The summed E-state index contributed by atoms with van der Waals surface area (Å²) in [7, 11) is 0. The molecule has 4 nitrogen and oxygen atoms in total. The second kappa shape index (κ2) is 10.0. The summed E-state index contributed by atoms with van der Waals surface area (Å²) in [6.07, 6.45) is 4.86. The Morgan fingerprint density at radius 1 is 1.38 bits per heavy atom. The Kier molecular flexibility index (Phi) is 8.03. The molecule has 0 aliphatic carbocycles. The standard InChI is InChI=1S/C19H29ClN2O2/c1-3-4-5-6-10-22-11-9-21-13-18(22)19(23)24-14-16-8-7-15(2)17(20)12-16/h7-8,12,18,21H,3-6,9-11,13-14H2,1-2H3. The number of aryl methyl sites for hydroxylation is 1. The van der Waals surface area contributed by atoms with Crippen LogP contribution in [0.25, 0.3) is 0 Å². The van der Waals surface area contributed by atoms with Crippen LogP contribution in [0.3, 0.4) is 0 Å². The number of rotatable bonds is 8. The lowest BCUT2D eigenvalue weighted by Crippen LogP contribution is -2.55. The molecule has 1 heterocycles. The first-order valence-electron chi connectivity index (χ1n) is 8.98. The summed E-state index contributed by atoms with van der Waals surface area (Å²) < 4.78 is 5.54. The van der Waals surface area contributed by atoms with Gasteiger partial charge in [-0.05, 0) is 37.1 Å². The zero-order valence-corrected chi connectivity index (χ0v) is 15.6. The van der Waals surface area contributed by atoms with E-state index < -0.39 is 0 Å². The van der Waals surface area contributed by atoms with Gasteiger partial charge in [0.05, 0.1) is 0 Å². The number of hydrogen-bond donors (Lipinski definition) is 1. The van der Waals surface area contributed by atoms with Crippen LogP contribution in [0.2, 0.25) is 5.02 Å². The van der Waals surface area contributed by atoms with Crippen molar-refractivity contribution in [2.24, 2.45) is 0 Å². The monoisotopic (exact) mass is 352 g/mol. The molecular weight excluding hydrogens is 324 g/mol. The molecule has 0 saturated carbocycles. The maximum atomic E-state index is 12.5. The summed E-state index contributed by atoms with van der Waals surface area (Å²) in [5, 5.41) is 4.01. The Labute approximate surface area is 150 Å². The summed E-state index contributed by atoms with van der Waals surface area (Å²) in [4.78, 5) is 14.7. The van der Waals surface area contributed by atoms with Gasteiger partial charge in [-0.1, -0.05) is 49.9 Å². The number of ether oxygens (including phenoxy) is 1. The minimum Gasteiger partial charge on any atom is -0.460 e. The molecule has 2 rings (SSSR count). The molecule has 1 aromatic carbocycles. The van der Waals surface area contributed by atoms with Crippen molar-refractivity contribution in [1.82, 2.24) is 10.2 Å². The third kappa shape index (κ3) is 5.76. The van der Waals surface area contributed by atoms with Crippen LogP contribution >= 0.6 is 11.6 Å². The number of unbranched alkanes of at least 4 members (excludes halogenated alkanes) is 3. The molecule has 1 saturated heterocycles. The topological polar surface area (TPSA) is 41.6 Å². The zero-order valence-electron chi connectivity index (χ0n) is 14.8. The number of esters is 1. The molecule has 1 atom stereocenters. The Balaban J connectivity index is 1.84. The fourth-order valence-electron chi connectivity index (χ4n) is 2.96. The molecular formula is C19H29ClN2O2. The van der Waals surface area contributed by atoms with Crippen LogP contribution in [0.4, 0.5) is 0 Å². The van der Waals surface area contributed by atoms with Gasteiger partial charge in [0.15, 0.2) is 0 Å². The van der Waals surface area contributed by atoms with E-state index in [-0.39, 0.29) is 18.6 Å². The van der Waals surface area contributed by atoms with Crippen molar-refractivity contribution < 1.29 is 9.53 Å². The molecule has 134 valence electrons. The third-order valence-corrected chi connectivity index (χ3v) is 4.95. The molecule has 1 aliphatic heterocycles. The summed E-state index contributed by atoms with van der Waals surface area (Å²) in [6.45, 7) is 7.93. The molecule has 1 unspecified atom stereocenters. The molecule has 0 radical (unpaired) electrons. The lowest BCUT2D eigenvalue weighted by atomic mass is 10.1. The van der Waals surface area contributed by atoms with Gasteiger partial charge in [-0.3, -0.25) is 9.69 Å². The summed E-state index contributed by atoms with van der Waals surface area (Å²) >= 11 is 6.13. The highest BCUT2D eigenvalue weighted by atomic mass is 35.5. The number of benzene rings is 1. The normalized spacial score (nSPS) is 18.5. The van der Waals surface area contributed by atoms with Crippen molar-refractivity contribution >= 4 is 17.6 Å². The van der Waals surface area contributed by atoms with Crippen molar-refractivity contribution in [2.45, 2.75) is 52.2 Å². The van der Waals surface area contributed by atoms with E-state index in [1.807, 2.05) is 25.1 Å². The second-order valence-corrected chi connectivity index (χ2v) is 6.91. The number of nitrogens with zero attached hydrogens (tertiary/aromatic N) is 1. The van der Waals surface area contributed by atoms with Crippen LogP contribution in [0, 0.1) is 6.92 Å². The lowest BCUT2D eigenvalue weighted by Gasteiger charge is -2.34. The molecule has 1 aromatic rings. The molecule has 5 heteroatoms. The highest BCUT2D eigenvalue weighted by Gasteiger charge is 2.29. The van der Waals surface area contributed by atoms with E-state index in [4.69, 9.17) is 16.3 Å². The number of piperazine rings is 1. The van der Waals surface area contributed by atoms with Crippen LogP contribution in [-0.4, -0.2) is 43.1 Å². The summed E-state index contributed by atoms with van der Waals surface area (Å²) in [5.41, 5.74) is 1.96. The van der Waals surface area contributed by atoms with Gasteiger partial charge in [0, 0.05) is 24.7 Å². The van der Waals surface area contributed by atoms with E-state index in [0.29, 0.717) is 11.6 Å². The third-order valence-electron chi connectivity index (χ3n) is 4.54. The van der Waals surface area contributed by atoms with Crippen molar-refractivity contribution in [2.75, 3.05) is 26.2 Å². The van der Waals surface area contributed by atoms with Crippen LogP contribution in [0.5, 0.6) is 0 Å². The van der Waals surface area contributed by atoms with Crippen LogP contribution in [-0.2, 0) is 16.1 Å². The van der Waals surface area contributed by atoms with Gasteiger partial charge in [-0.2, -0.15) is 0 Å². The number of hydrogen-bond acceptors (Lipinski definition) is 4. The molecule has 0 bridgehead atoms. The largest absolute Gasteiger partial charge is 0.460 e. The first-order chi connectivity index (χ1) is 11.6. The van der Waals surface area contributed by atoms with E-state index in [2.05, 4.69) is 17.1 Å². The predicted molar refractivity (Wildman–Crippen MR) is 98.4 cm³/mol. The molecule has 1 aliphatic rings. The van der Waals surface area contributed by atoms with Gasteiger partial charge in [0.2, 0.25) is 0 Å². The van der Waals surface area contributed by atoms with E-state index in [0.717, 1.165) is 37.2 Å². The Morgan fingerprint density at radius 2 is 2.21 bits per heavy atom. The highest BCUT2D eigenvalue weighted by molar-refractivity contribution is 6.31. The van der Waals surface area contributed by atoms with Crippen LogP contribution < -0.4 is 5.32 Å². The molecule has 0 amide bonds. The Morgan fingerprint density at radius 3 is 2.96 bits per heavy atom. The van der Waals surface area contributed by atoms with E-state index >= 15 is 0 Å². The van der Waals surface area contributed by atoms with Gasteiger partial charge in [-0.15, -0.1) is 0 Å².